The van der Waals surface area contributed by atoms with Gasteiger partial charge >= 0.3 is 0 Å². The van der Waals surface area contributed by atoms with Crippen molar-refractivity contribution in [1.29, 1.82) is 0 Å². The first-order valence-corrected chi connectivity index (χ1v) is 8.63. The fourth-order valence-electron chi connectivity index (χ4n) is 3.04. The molecule has 1 aliphatic rings. The number of hydrogen-bond donors (Lipinski definition) is 2. The summed E-state index contributed by atoms with van der Waals surface area (Å²) >= 11 is 0. The Morgan fingerprint density at radius 1 is 1.25 bits per heavy atom. The predicted molar refractivity (Wildman–Crippen MR) is 92.6 cm³/mol. The van der Waals surface area contributed by atoms with Gasteiger partial charge in [-0.15, -0.1) is 0 Å². The molecule has 0 unspecified atom stereocenters. The van der Waals surface area contributed by atoms with Crippen LogP contribution in [0.25, 0.3) is 0 Å². The summed E-state index contributed by atoms with van der Waals surface area (Å²) in [5.74, 6) is 1.24. The quantitative estimate of drug-likeness (QED) is 0.885. The van der Waals surface area contributed by atoms with Gasteiger partial charge in [0, 0.05) is 12.1 Å². The van der Waals surface area contributed by atoms with Crippen molar-refractivity contribution >= 4 is 5.91 Å². The minimum atomic E-state index is -0.226. The van der Waals surface area contributed by atoms with Gasteiger partial charge in [-0.1, -0.05) is 18.6 Å². The lowest BCUT2D eigenvalue weighted by molar-refractivity contribution is 0.0938. The number of nitrogens with zero attached hydrogens (tertiary/aromatic N) is 3. The largest absolute Gasteiger partial charge is 0.342 e. The van der Waals surface area contributed by atoms with Crippen molar-refractivity contribution in [3.8, 4) is 0 Å². The van der Waals surface area contributed by atoms with Crippen LogP contribution in [0, 0.1) is 6.92 Å². The number of aromatic amines is 1. The molecule has 128 valence electrons. The second-order valence-electron chi connectivity index (χ2n) is 6.51. The number of benzene rings is 1. The first-order chi connectivity index (χ1) is 11.6. The monoisotopic (exact) mass is 327 g/mol. The van der Waals surface area contributed by atoms with Crippen LogP contribution < -0.4 is 5.32 Å². The van der Waals surface area contributed by atoms with E-state index in [2.05, 4.69) is 25.4 Å². The molecular weight excluding hydrogens is 302 g/mol. The molecule has 0 spiro atoms. The number of nitrogens with one attached hydrogen (secondary N) is 2. The van der Waals surface area contributed by atoms with Gasteiger partial charge in [-0.25, -0.2) is 4.98 Å². The molecule has 2 heterocycles. The number of aryl methyl sites for hydroxylation is 1. The van der Waals surface area contributed by atoms with Gasteiger partial charge in [0.1, 0.15) is 5.82 Å². The first kappa shape index (κ1) is 16.6. The van der Waals surface area contributed by atoms with Gasteiger partial charge in [0.25, 0.3) is 5.91 Å². The molecule has 1 atom stereocenters. The van der Waals surface area contributed by atoms with Crippen LogP contribution in [0.2, 0.25) is 0 Å². The summed E-state index contributed by atoms with van der Waals surface area (Å²) in [5, 5.41) is 9.81. The van der Waals surface area contributed by atoms with E-state index in [4.69, 9.17) is 0 Å². The van der Waals surface area contributed by atoms with Crippen molar-refractivity contribution in [2.45, 2.75) is 45.7 Å². The van der Waals surface area contributed by atoms with E-state index >= 15 is 0 Å². The van der Waals surface area contributed by atoms with Crippen LogP contribution in [0.5, 0.6) is 0 Å². The Hall–Kier alpha value is -2.21. The third kappa shape index (κ3) is 4.20. The third-order valence-electron chi connectivity index (χ3n) is 4.42. The smallest absolute Gasteiger partial charge is 0.251 e. The van der Waals surface area contributed by atoms with Gasteiger partial charge < -0.3 is 5.32 Å². The summed E-state index contributed by atoms with van der Waals surface area (Å²) in [6.07, 6.45) is 3.93. The Labute approximate surface area is 142 Å². The van der Waals surface area contributed by atoms with Crippen LogP contribution in [0.3, 0.4) is 0 Å². The fraction of sp³-hybridized carbons (Fsp3) is 0.500. The zero-order valence-electron chi connectivity index (χ0n) is 14.4. The summed E-state index contributed by atoms with van der Waals surface area (Å²) in [7, 11) is 0. The molecule has 3 rings (SSSR count). The van der Waals surface area contributed by atoms with Gasteiger partial charge in [-0.05, 0) is 57.5 Å². The second-order valence-corrected chi connectivity index (χ2v) is 6.51. The number of aromatic nitrogens is 3. The number of piperidine rings is 1. The molecule has 24 heavy (non-hydrogen) atoms. The number of hydrogen-bond acceptors (Lipinski definition) is 4. The number of H-pyrrole nitrogens is 1. The molecule has 1 aromatic heterocycles. The molecule has 0 radical (unpaired) electrons. The van der Waals surface area contributed by atoms with E-state index in [0.717, 1.165) is 12.4 Å². The molecule has 1 fully saturated rings. The maximum atomic E-state index is 12.3. The third-order valence-corrected chi connectivity index (χ3v) is 4.42. The SMILES string of the molecule is Cc1nc([C@H](C)NC(=O)c2ccc(CN3CCCCC3)cc2)n[nH]1. The lowest BCUT2D eigenvalue weighted by atomic mass is 10.1. The van der Waals surface area contributed by atoms with Crippen molar-refractivity contribution < 1.29 is 4.79 Å². The van der Waals surface area contributed by atoms with Crippen molar-refractivity contribution in [1.82, 2.24) is 25.4 Å². The fourth-order valence-corrected chi connectivity index (χ4v) is 3.04. The molecule has 0 aliphatic carbocycles. The summed E-state index contributed by atoms with van der Waals surface area (Å²) in [5.41, 5.74) is 1.92. The Morgan fingerprint density at radius 3 is 2.58 bits per heavy atom. The number of carbonyl (C=O) groups excluding carboxylic acids is 1. The second kappa shape index (κ2) is 7.57. The van der Waals surface area contributed by atoms with Crippen molar-refractivity contribution in [3.05, 3.63) is 47.0 Å². The molecule has 1 amide bonds. The van der Waals surface area contributed by atoms with E-state index in [1.54, 1.807) is 0 Å². The Morgan fingerprint density at radius 2 is 1.96 bits per heavy atom. The van der Waals surface area contributed by atoms with Gasteiger partial charge in [-0.3, -0.25) is 14.8 Å². The standard InChI is InChI=1S/C18H25N5O/c1-13(17-20-14(2)21-22-17)19-18(24)16-8-6-15(7-9-16)12-23-10-4-3-5-11-23/h6-9,13H,3-5,10-12H2,1-2H3,(H,19,24)(H,20,21,22)/t13-/m0/s1. The minimum absolute atomic E-state index is 0.102. The molecule has 6 heteroatoms. The maximum absolute atomic E-state index is 12.3. The molecule has 1 aliphatic heterocycles. The Kier molecular flexibility index (Phi) is 5.25. The normalized spacial score (nSPS) is 16.8. The number of amides is 1. The first-order valence-electron chi connectivity index (χ1n) is 8.63. The molecule has 2 N–H and O–H groups in total. The Balaban J connectivity index is 1.57. The van der Waals surface area contributed by atoms with E-state index in [-0.39, 0.29) is 11.9 Å². The molecule has 1 aromatic carbocycles. The van der Waals surface area contributed by atoms with E-state index in [0.29, 0.717) is 11.4 Å². The zero-order valence-corrected chi connectivity index (χ0v) is 14.4. The number of rotatable bonds is 5. The molecule has 2 aromatic rings. The van der Waals surface area contributed by atoms with Crippen molar-refractivity contribution in [2.24, 2.45) is 0 Å². The number of likely N-dealkylation sites (tertiary alicyclic amines) is 1. The highest BCUT2D eigenvalue weighted by Gasteiger charge is 2.15. The number of carbonyl (C=O) groups is 1. The zero-order chi connectivity index (χ0) is 16.9. The maximum Gasteiger partial charge on any atom is 0.251 e. The van der Waals surface area contributed by atoms with E-state index in [1.807, 2.05) is 38.1 Å². The molecular formula is C18H25N5O. The van der Waals surface area contributed by atoms with E-state index in [9.17, 15) is 4.79 Å². The van der Waals surface area contributed by atoms with Crippen molar-refractivity contribution in [3.63, 3.8) is 0 Å². The van der Waals surface area contributed by atoms with E-state index < -0.39 is 0 Å². The predicted octanol–water partition coefficient (Wildman–Crippen LogP) is 2.59. The van der Waals surface area contributed by atoms with Gasteiger partial charge in [0.2, 0.25) is 0 Å². The van der Waals surface area contributed by atoms with Crippen LogP contribution in [-0.4, -0.2) is 39.1 Å². The van der Waals surface area contributed by atoms with Gasteiger partial charge in [0.15, 0.2) is 5.82 Å². The molecule has 6 nitrogen and oxygen atoms in total. The molecule has 0 bridgehead atoms. The summed E-state index contributed by atoms with van der Waals surface area (Å²) < 4.78 is 0. The topological polar surface area (TPSA) is 73.9 Å². The highest BCUT2D eigenvalue weighted by molar-refractivity contribution is 5.94. The van der Waals surface area contributed by atoms with Crippen LogP contribution in [0.15, 0.2) is 24.3 Å². The van der Waals surface area contributed by atoms with Gasteiger partial charge in [-0.2, -0.15) is 5.10 Å². The van der Waals surface area contributed by atoms with Crippen LogP contribution in [0.1, 0.15) is 59.8 Å². The minimum Gasteiger partial charge on any atom is -0.342 e. The summed E-state index contributed by atoms with van der Waals surface area (Å²) in [6, 6.07) is 7.65. The van der Waals surface area contributed by atoms with Crippen LogP contribution >= 0.6 is 0 Å². The van der Waals surface area contributed by atoms with Crippen LogP contribution in [0.4, 0.5) is 0 Å². The lowest BCUT2D eigenvalue weighted by Gasteiger charge is -2.26. The van der Waals surface area contributed by atoms with Crippen LogP contribution in [-0.2, 0) is 6.54 Å². The molecule has 0 saturated carbocycles. The average Bonchev–Trinajstić information content (AvgIpc) is 3.03. The highest BCUT2D eigenvalue weighted by atomic mass is 16.1. The Bertz CT molecular complexity index is 673. The highest BCUT2D eigenvalue weighted by Crippen LogP contribution is 2.14. The van der Waals surface area contributed by atoms with Crippen molar-refractivity contribution in [2.75, 3.05) is 13.1 Å². The summed E-state index contributed by atoms with van der Waals surface area (Å²) in [4.78, 5) is 19.1. The lowest BCUT2D eigenvalue weighted by Crippen LogP contribution is -2.29. The average molecular weight is 327 g/mol. The van der Waals surface area contributed by atoms with E-state index in [1.165, 1.54) is 37.9 Å². The van der Waals surface area contributed by atoms with Gasteiger partial charge in [0.05, 0.1) is 6.04 Å². The summed E-state index contributed by atoms with van der Waals surface area (Å²) in [6.45, 7) is 7.04. The molecule has 1 saturated heterocycles.